The quantitative estimate of drug-likeness (QED) is 0.263. The van der Waals surface area contributed by atoms with Gasteiger partial charge in [0.1, 0.15) is 5.52 Å². The third-order valence-electron chi connectivity index (χ3n) is 8.02. The summed E-state index contributed by atoms with van der Waals surface area (Å²) in [7, 11) is 1.94. The molecule has 5 aromatic rings. The van der Waals surface area contributed by atoms with Crippen LogP contribution in [0.5, 0.6) is 0 Å². The molecule has 4 aromatic heterocycles. The molecular formula is C27H29N9O3. The number of benzene rings is 1. The molecule has 200 valence electrons. The van der Waals surface area contributed by atoms with Crippen molar-refractivity contribution < 1.29 is 14.6 Å². The van der Waals surface area contributed by atoms with Crippen molar-refractivity contribution >= 4 is 34.1 Å². The van der Waals surface area contributed by atoms with Gasteiger partial charge in [-0.25, -0.2) is 14.3 Å². The summed E-state index contributed by atoms with van der Waals surface area (Å²) in [4.78, 5) is 14.7. The average molecular weight is 528 g/mol. The molecule has 0 radical (unpaired) electrons. The van der Waals surface area contributed by atoms with Gasteiger partial charge in [-0.15, -0.1) is 0 Å². The second-order valence-corrected chi connectivity index (χ2v) is 10.7. The number of aryl methyl sites for hydroxylation is 1. The summed E-state index contributed by atoms with van der Waals surface area (Å²) >= 11 is 0. The van der Waals surface area contributed by atoms with Crippen molar-refractivity contribution in [3.8, 4) is 11.1 Å². The lowest BCUT2D eigenvalue weighted by atomic mass is 9.50. The van der Waals surface area contributed by atoms with Crippen LogP contribution in [-0.4, -0.2) is 57.9 Å². The van der Waals surface area contributed by atoms with Gasteiger partial charge in [-0.05, 0) is 55.7 Å². The lowest BCUT2D eigenvalue weighted by molar-refractivity contribution is -0.0448. The molecule has 1 aromatic carbocycles. The van der Waals surface area contributed by atoms with Crippen LogP contribution in [0.15, 0.2) is 49.1 Å². The minimum Gasteiger partial charge on any atom is -0.465 e. The zero-order valence-electron chi connectivity index (χ0n) is 21.5. The maximum absolute atomic E-state index is 10.1. The lowest BCUT2D eigenvalue weighted by Gasteiger charge is -2.61. The minimum absolute atomic E-state index is 0.0382. The van der Waals surface area contributed by atoms with Gasteiger partial charge in [0.05, 0.1) is 29.7 Å². The number of fused-ring (bicyclic) bond motifs is 2. The first-order valence-corrected chi connectivity index (χ1v) is 13.2. The van der Waals surface area contributed by atoms with Crippen LogP contribution in [0.25, 0.3) is 27.5 Å². The molecule has 12 heteroatoms. The number of carbonyl (C=O) groups is 1. The van der Waals surface area contributed by atoms with Gasteiger partial charge in [0, 0.05) is 48.6 Å². The summed E-state index contributed by atoms with van der Waals surface area (Å²) < 4.78 is 9.43. The van der Waals surface area contributed by atoms with Gasteiger partial charge in [0.15, 0.2) is 11.6 Å². The number of ether oxygens (including phenoxy) is 1. The Bertz CT molecular complexity index is 1660. The van der Waals surface area contributed by atoms with E-state index in [2.05, 4.69) is 54.2 Å². The molecule has 3 saturated carbocycles. The predicted octanol–water partition coefficient (Wildman–Crippen LogP) is 4.41. The molecule has 1 aliphatic heterocycles. The van der Waals surface area contributed by atoms with Crippen LogP contribution in [0.2, 0.25) is 0 Å². The highest BCUT2D eigenvalue weighted by Crippen LogP contribution is 2.56. The second-order valence-electron chi connectivity index (χ2n) is 10.7. The number of anilines is 2. The number of rotatable bonds is 5. The van der Waals surface area contributed by atoms with Crippen LogP contribution in [-0.2, 0) is 11.8 Å². The molecular weight excluding hydrogens is 498 g/mol. The Morgan fingerprint density at radius 1 is 1.21 bits per heavy atom. The van der Waals surface area contributed by atoms with Crippen LogP contribution < -0.4 is 10.6 Å². The molecule has 2 bridgehead atoms. The highest BCUT2D eigenvalue weighted by atomic mass is 16.5. The average Bonchev–Trinajstić information content (AvgIpc) is 3.68. The molecule has 39 heavy (non-hydrogen) atoms. The highest BCUT2D eigenvalue weighted by Gasteiger charge is 2.57. The monoisotopic (exact) mass is 527 g/mol. The molecule has 12 nitrogen and oxygen atoms in total. The van der Waals surface area contributed by atoms with Crippen LogP contribution in [0.1, 0.15) is 43.9 Å². The minimum atomic E-state index is -0.867. The first kappa shape index (κ1) is 23.7. The standard InChI is InChI=1S/C21H20N8O.C6H9NO2/c1-28-17-5-4-13(9-14(17)11-23-28)15-12-24-29-7-6-22-21(20(15)29)25-19-10-16(26-27-19)18-3-2-8-30-18;8-5(9)7-6-1-4(2-6)3-6/h4-7,9-12,18H,2-3,8H2,1H3,(H2,22,25,26,27);4,7H,1-3H2,(H,8,9)/t18-;/m0./s1. The summed E-state index contributed by atoms with van der Waals surface area (Å²) in [6.45, 7) is 0.799. The molecule has 0 spiro atoms. The zero-order chi connectivity index (χ0) is 26.6. The van der Waals surface area contributed by atoms with Gasteiger partial charge in [0.2, 0.25) is 0 Å². The first-order chi connectivity index (χ1) is 19.0. The Labute approximate surface area is 223 Å². The second kappa shape index (κ2) is 9.09. The van der Waals surface area contributed by atoms with Crippen molar-refractivity contribution in [2.24, 2.45) is 13.0 Å². The summed E-state index contributed by atoms with van der Waals surface area (Å²) in [6, 6.07) is 8.27. The van der Waals surface area contributed by atoms with E-state index in [9.17, 15) is 4.79 Å². The molecule has 4 fully saturated rings. The number of nitrogens with zero attached hydrogens (tertiary/aromatic N) is 6. The predicted molar refractivity (Wildman–Crippen MR) is 144 cm³/mol. The van der Waals surface area contributed by atoms with Gasteiger partial charge >= 0.3 is 6.09 Å². The molecule has 9 rings (SSSR count). The number of H-pyrrole nitrogens is 1. The molecule has 0 unspecified atom stereocenters. The number of nitrogens with one attached hydrogen (secondary N) is 3. The molecule has 4 N–H and O–H groups in total. The highest BCUT2D eigenvalue weighted by molar-refractivity contribution is 5.93. The van der Waals surface area contributed by atoms with Gasteiger partial charge in [-0.1, -0.05) is 6.07 Å². The Balaban J connectivity index is 0.000000237. The maximum Gasteiger partial charge on any atom is 0.405 e. The normalized spacial score (nSPS) is 23.1. The fourth-order valence-electron chi connectivity index (χ4n) is 5.95. The number of amides is 1. The van der Waals surface area contributed by atoms with Crippen LogP contribution >= 0.6 is 0 Å². The van der Waals surface area contributed by atoms with Gasteiger partial charge in [-0.2, -0.15) is 15.3 Å². The Hall–Kier alpha value is -4.45. The van der Waals surface area contributed by atoms with Crippen molar-refractivity contribution in [3.05, 3.63) is 54.7 Å². The van der Waals surface area contributed by atoms with Crippen molar-refractivity contribution in [2.45, 2.75) is 43.7 Å². The number of hydrogen-bond acceptors (Lipinski definition) is 7. The largest absolute Gasteiger partial charge is 0.465 e. The summed E-state index contributed by atoms with van der Waals surface area (Å²) in [5.74, 6) is 2.24. The third kappa shape index (κ3) is 4.26. The van der Waals surface area contributed by atoms with E-state index in [1.807, 2.05) is 40.9 Å². The number of aromatic amines is 1. The van der Waals surface area contributed by atoms with Crippen molar-refractivity contribution in [3.63, 3.8) is 0 Å². The molecule has 3 aliphatic carbocycles. The molecule has 4 aliphatic rings. The topological polar surface area (TPSA) is 147 Å². The lowest BCUT2D eigenvalue weighted by Crippen LogP contribution is -2.67. The Morgan fingerprint density at radius 3 is 2.79 bits per heavy atom. The SMILES string of the molecule is Cn1ncc2cc(-c3cnn4ccnc(Nc5cc([C@@H]6CCCO6)[nH]n5)c34)ccc21.O=C(O)NC12CC(C1)C2. The molecule has 1 amide bonds. The number of carboxylic acid groups (broad SMARTS) is 1. The van der Waals surface area contributed by atoms with E-state index >= 15 is 0 Å². The number of aromatic nitrogens is 7. The van der Waals surface area contributed by atoms with Gasteiger partial charge in [-0.3, -0.25) is 9.78 Å². The van der Waals surface area contributed by atoms with Crippen molar-refractivity contribution in [2.75, 3.05) is 11.9 Å². The van der Waals surface area contributed by atoms with Gasteiger partial charge in [0.25, 0.3) is 0 Å². The van der Waals surface area contributed by atoms with Crippen LogP contribution in [0.3, 0.4) is 0 Å². The van der Waals surface area contributed by atoms with Gasteiger partial charge < -0.3 is 20.5 Å². The van der Waals surface area contributed by atoms with Crippen molar-refractivity contribution in [1.29, 1.82) is 0 Å². The van der Waals surface area contributed by atoms with Crippen molar-refractivity contribution in [1.82, 2.24) is 39.9 Å². The van der Waals surface area contributed by atoms with E-state index in [0.717, 1.165) is 77.9 Å². The smallest absolute Gasteiger partial charge is 0.405 e. The van der Waals surface area contributed by atoms with E-state index in [4.69, 9.17) is 9.84 Å². The fraction of sp³-hybridized carbons (Fsp3) is 0.370. The summed E-state index contributed by atoms with van der Waals surface area (Å²) in [6.07, 6.45) is 11.9. The maximum atomic E-state index is 10.1. The zero-order valence-corrected chi connectivity index (χ0v) is 21.5. The van der Waals surface area contributed by atoms with E-state index in [0.29, 0.717) is 11.6 Å². The number of hydrogen-bond donors (Lipinski definition) is 4. The first-order valence-electron chi connectivity index (χ1n) is 13.2. The molecule has 1 saturated heterocycles. The van der Waals surface area contributed by atoms with E-state index in [1.165, 1.54) is 0 Å². The third-order valence-corrected chi connectivity index (χ3v) is 8.02. The Kier molecular flexibility index (Phi) is 5.51. The van der Waals surface area contributed by atoms with E-state index < -0.39 is 6.09 Å². The molecule has 5 heterocycles. The van der Waals surface area contributed by atoms with Crippen LogP contribution in [0, 0.1) is 5.92 Å². The van der Waals surface area contributed by atoms with E-state index in [-0.39, 0.29) is 11.6 Å². The molecule has 1 atom stereocenters. The Morgan fingerprint density at radius 2 is 2.08 bits per heavy atom. The van der Waals surface area contributed by atoms with E-state index in [1.54, 1.807) is 6.20 Å². The summed E-state index contributed by atoms with van der Waals surface area (Å²) in [5.41, 5.74) is 5.05. The fourth-order valence-corrected chi connectivity index (χ4v) is 5.95. The summed E-state index contributed by atoms with van der Waals surface area (Å²) in [5, 5.41) is 31.6. The van der Waals surface area contributed by atoms with Crippen LogP contribution in [0.4, 0.5) is 16.4 Å².